The first-order valence-corrected chi connectivity index (χ1v) is 10.4. The molecule has 0 saturated heterocycles. The van der Waals surface area contributed by atoms with E-state index < -0.39 is 17.4 Å². The van der Waals surface area contributed by atoms with E-state index in [0.29, 0.717) is 27.3 Å². The molecule has 0 fully saturated rings. The van der Waals surface area contributed by atoms with E-state index >= 15 is 0 Å². The largest absolute Gasteiger partial charge is 0.465 e. The first-order chi connectivity index (χ1) is 15.1. The molecule has 2 unspecified atom stereocenters. The zero-order chi connectivity index (χ0) is 22.0. The number of carbonyl (C=O) groups excluding carboxylic acids is 2. The standard InChI is InChI=1S/C25H22ClNO4/c1-3-31-24(29)22(17-9-5-4-6-10-17)25(18-13-15-19(26)16-14-18)21-12-8-7-11-20(21)23(28)27(25)30-2/h4-16,22H,3H2,1-2H3. The van der Waals surface area contributed by atoms with Gasteiger partial charge in [-0.1, -0.05) is 72.3 Å². The number of hydrogen-bond acceptors (Lipinski definition) is 4. The second-order valence-electron chi connectivity index (χ2n) is 7.20. The number of esters is 1. The van der Waals surface area contributed by atoms with Crippen LogP contribution in [0.25, 0.3) is 0 Å². The molecule has 5 nitrogen and oxygen atoms in total. The summed E-state index contributed by atoms with van der Waals surface area (Å²) in [7, 11) is 1.43. The van der Waals surface area contributed by atoms with E-state index in [1.165, 1.54) is 12.2 Å². The van der Waals surface area contributed by atoms with Crippen molar-refractivity contribution in [3.8, 4) is 0 Å². The predicted octanol–water partition coefficient (Wildman–Crippen LogP) is 4.95. The highest BCUT2D eigenvalue weighted by molar-refractivity contribution is 6.30. The van der Waals surface area contributed by atoms with E-state index in [1.54, 1.807) is 31.2 Å². The molecule has 6 heteroatoms. The second kappa shape index (κ2) is 8.53. The highest BCUT2D eigenvalue weighted by Gasteiger charge is 2.59. The molecule has 0 spiro atoms. The number of amides is 1. The van der Waals surface area contributed by atoms with Crippen LogP contribution in [0.15, 0.2) is 78.9 Å². The van der Waals surface area contributed by atoms with Gasteiger partial charge in [0, 0.05) is 10.6 Å². The molecular weight excluding hydrogens is 414 g/mol. The number of ether oxygens (including phenoxy) is 1. The third-order valence-electron chi connectivity index (χ3n) is 5.61. The van der Waals surface area contributed by atoms with Gasteiger partial charge in [0.05, 0.1) is 13.7 Å². The molecule has 3 aromatic rings. The van der Waals surface area contributed by atoms with Crippen LogP contribution in [-0.4, -0.2) is 30.7 Å². The Morgan fingerprint density at radius 3 is 2.29 bits per heavy atom. The van der Waals surface area contributed by atoms with Crippen molar-refractivity contribution in [1.82, 2.24) is 5.06 Å². The van der Waals surface area contributed by atoms with Crippen LogP contribution in [-0.2, 0) is 19.9 Å². The molecule has 0 aliphatic carbocycles. The Labute approximate surface area is 186 Å². The quantitative estimate of drug-likeness (QED) is 0.514. The Morgan fingerprint density at radius 1 is 1.00 bits per heavy atom. The Balaban J connectivity index is 2.11. The normalized spacial score (nSPS) is 18.5. The van der Waals surface area contributed by atoms with Crippen molar-refractivity contribution in [3.63, 3.8) is 0 Å². The lowest BCUT2D eigenvalue weighted by atomic mass is 9.70. The Hall–Kier alpha value is -3.15. The van der Waals surface area contributed by atoms with Crippen molar-refractivity contribution < 1.29 is 19.2 Å². The molecule has 0 saturated carbocycles. The van der Waals surface area contributed by atoms with E-state index in [2.05, 4.69) is 0 Å². The van der Waals surface area contributed by atoms with Gasteiger partial charge in [-0.3, -0.25) is 14.4 Å². The summed E-state index contributed by atoms with van der Waals surface area (Å²) in [6.07, 6.45) is 0. The van der Waals surface area contributed by atoms with E-state index in [0.717, 1.165) is 0 Å². The molecule has 0 aromatic heterocycles. The maximum absolute atomic E-state index is 13.5. The summed E-state index contributed by atoms with van der Waals surface area (Å²) in [4.78, 5) is 32.6. The van der Waals surface area contributed by atoms with Gasteiger partial charge < -0.3 is 4.74 Å². The zero-order valence-corrected chi connectivity index (χ0v) is 18.0. The number of fused-ring (bicyclic) bond motifs is 1. The van der Waals surface area contributed by atoms with Crippen molar-refractivity contribution in [2.75, 3.05) is 13.7 Å². The maximum Gasteiger partial charge on any atom is 0.316 e. The summed E-state index contributed by atoms with van der Waals surface area (Å²) in [6, 6.07) is 23.7. The van der Waals surface area contributed by atoms with Gasteiger partial charge in [0.25, 0.3) is 5.91 Å². The van der Waals surface area contributed by atoms with Crippen LogP contribution in [0.4, 0.5) is 0 Å². The van der Waals surface area contributed by atoms with E-state index in [-0.39, 0.29) is 12.5 Å². The lowest BCUT2D eigenvalue weighted by Crippen LogP contribution is -2.51. The summed E-state index contributed by atoms with van der Waals surface area (Å²) in [5.41, 5.74) is 1.28. The Kier molecular flexibility index (Phi) is 5.81. The maximum atomic E-state index is 13.5. The fourth-order valence-electron chi connectivity index (χ4n) is 4.44. The average molecular weight is 436 g/mol. The molecule has 1 heterocycles. The predicted molar refractivity (Wildman–Crippen MR) is 118 cm³/mol. The molecule has 1 amide bonds. The average Bonchev–Trinajstić information content (AvgIpc) is 3.04. The summed E-state index contributed by atoms with van der Waals surface area (Å²) >= 11 is 6.17. The monoisotopic (exact) mass is 435 g/mol. The number of benzene rings is 3. The molecule has 1 aliphatic rings. The summed E-state index contributed by atoms with van der Waals surface area (Å²) in [5, 5.41) is 1.84. The highest BCUT2D eigenvalue weighted by Crippen LogP contribution is 2.53. The van der Waals surface area contributed by atoms with E-state index in [9.17, 15) is 9.59 Å². The SMILES string of the molecule is CCOC(=O)C(c1ccccc1)C1(c2ccc(Cl)cc2)c2ccccc2C(=O)N1OC. The van der Waals surface area contributed by atoms with Crippen molar-refractivity contribution in [1.29, 1.82) is 0 Å². The minimum absolute atomic E-state index is 0.210. The molecule has 31 heavy (non-hydrogen) atoms. The van der Waals surface area contributed by atoms with Crippen molar-refractivity contribution in [2.24, 2.45) is 0 Å². The van der Waals surface area contributed by atoms with Crippen LogP contribution in [0, 0.1) is 0 Å². The van der Waals surface area contributed by atoms with Crippen LogP contribution in [0.1, 0.15) is 39.9 Å². The summed E-state index contributed by atoms with van der Waals surface area (Å²) < 4.78 is 5.53. The van der Waals surface area contributed by atoms with E-state index in [4.69, 9.17) is 21.2 Å². The van der Waals surface area contributed by atoms with Gasteiger partial charge in [-0.05, 0) is 41.8 Å². The van der Waals surface area contributed by atoms with Gasteiger partial charge in [0.1, 0.15) is 11.5 Å². The smallest absolute Gasteiger partial charge is 0.316 e. The zero-order valence-electron chi connectivity index (χ0n) is 17.2. The van der Waals surface area contributed by atoms with Crippen LogP contribution < -0.4 is 0 Å². The van der Waals surface area contributed by atoms with Crippen molar-refractivity contribution in [2.45, 2.75) is 18.4 Å². The third kappa shape index (κ3) is 3.30. The summed E-state index contributed by atoms with van der Waals surface area (Å²) in [6.45, 7) is 1.97. The number of carbonyl (C=O) groups is 2. The fraction of sp³-hybridized carbons (Fsp3) is 0.200. The number of rotatable bonds is 6. The molecule has 2 atom stereocenters. The molecule has 1 aliphatic heterocycles. The van der Waals surface area contributed by atoms with E-state index in [1.807, 2.05) is 54.6 Å². The molecular formula is C25H22ClNO4. The van der Waals surface area contributed by atoms with Gasteiger partial charge in [0.2, 0.25) is 0 Å². The molecule has 3 aromatic carbocycles. The first-order valence-electron chi connectivity index (χ1n) is 10.0. The number of hydroxylamine groups is 2. The fourth-order valence-corrected chi connectivity index (χ4v) is 4.57. The minimum Gasteiger partial charge on any atom is -0.465 e. The van der Waals surface area contributed by atoms with Gasteiger partial charge in [-0.15, -0.1) is 0 Å². The first kappa shape index (κ1) is 21.1. The number of nitrogens with zero attached hydrogens (tertiary/aromatic N) is 1. The topological polar surface area (TPSA) is 55.8 Å². The van der Waals surface area contributed by atoms with Gasteiger partial charge >= 0.3 is 5.97 Å². The Bertz CT molecular complexity index is 1100. The number of hydrogen-bond donors (Lipinski definition) is 0. The minimum atomic E-state index is -1.28. The van der Waals surface area contributed by atoms with Crippen molar-refractivity contribution in [3.05, 3.63) is 106 Å². The highest BCUT2D eigenvalue weighted by atomic mass is 35.5. The van der Waals surface area contributed by atoms with Crippen molar-refractivity contribution >= 4 is 23.5 Å². The molecule has 0 N–H and O–H groups in total. The van der Waals surface area contributed by atoms with Gasteiger partial charge in [0.15, 0.2) is 0 Å². The molecule has 0 bridgehead atoms. The van der Waals surface area contributed by atoms with Crippen LogP contribution in [0.2, 0.25) is 5.02 Å². The second-order valence-corrected chi connectivity index (χ2v) is 7.63. The lowest BCUT2D eigenvalue weighted by molar-refractivity contribution is -0.171. The van der Waals surface area contributed by atoms with Gasteiger partial charge in [-0.2, -0.15) is 0 Å². The van der Waals surface area contributed by atoms with Gasteiger partial charge in [-0.25, -0.2) is 5.06 Å². The molecule has 158 valence electrons. The molecule has 4 rings (SSSR count). The number of halogens is 1. The van der Waals surface area contributed by atoms with Crippen LogP contribution >= 0.6 is 11.6 Å². The third-order valence-corrected chi connectivity index (χ3v) is 5.86. The van der Waals surface area contributed by atoms with Crippen LogP contribution in [0.5, 0.6) is 0 Å². The lowest BCUT2D eigenvalue weighted by Gasteiger charge is -2.42. The van der Waals surface area contributed by atoms with Crippen LogP contribution in [0.3, 0.4) is 0 Å². The molecule has 0 radical (unpaired) electrons. The Morgan fingerprint density at radius 2 is 1.65 bits per heavy atom. The summed E-state index contributed by atoms with van der Waals surface area (Å²) in [5.74, 6) is -1.64.